The molecular weight excluding hydrogens is 268 g/mol. The number of rotatable bonds is 4. The quantitative estimate of drug-likeness (QED) is 0.810. The molecule has 0 saturated carbocycles. The SMILES string of the molecule is COC(=O)c1cc2c(c(OCc3ccccc3)c1)OCC2. The molecule has 0 bridgehead atoms. The lowest BCUT2D eigenvalue weighted by atomic mass is 10.1. The topological polar surface area (TPSA) is 44.8 Å². The summed E-state index contributed by atoms with van der Waals surface area (Å²) in [4.78, 5) is 11.7. The minimum atomic E-state index is -0.366. The third-order valence-electron chi connectivity index (χ3n) is 3.41. The monoisotopic (exact) mass is 284 g/mol. The Morgan fingerprint density at radius 1 is 1.24 bits per heavy atom. The van der Waals surface area contributed by atoms with Gasteiger partial charge in [-0.3, -0.25) is 0 Å². The average molecular weight is 284 g/mol. The lowest BCUT2D eigenvalue weighted by Crippen LogP contribution is -2.04. The van der Waals surface area contributed by atoms with Gasteiger partial charge in [-0.25, -0.2) is 4.79 Å². The fourth-order valence-electron chi connectivity index (χ4n) is 2.35. The predicted octanol–water partition coefficient (Wildman–Crippen LogP) is 2.99. The minimum absolute atomic E-state index is 0.366. The number of hydrogen-bond donors (Lipinski definition) is 0. The molecule has 4 heteroatoms. The molecule has 108 valence electrons. The number of fused-ring (bicyclic) bond motifs is 1. The highest BCUT2D eigenvalue weighted by Gasteiger charge is 2.21. The Hall–Kier alpha value is -2.49. The van der Waals surface area contributed by atoms with E-state index in [1.54, 1.807) is 6.07 Å². The Labute approximate surface area is 123 Å². The summed E-state index contributed by atoms with van der Waals surface area (Å²) in [5, 5.41) is 0. The van der Waals surface area contributed by atoms with Crippen LogP contribution in [0.3, 0.4) is 0 Å². The van der Waals surface area contributed by atoms with E-state index >= 15 is 0 Å². The summed E-state index contributed by atoms with van der Waals surface area (Å²) in [6.45, 7) is 1.04. The number of methoxy groups -OCH3 is 1. The van der Waals surface area contributed by atoms with E-state index in [-0.39, 0.29) is 5.97 Å². The van der Waals surface area contributed by atoms with Crippen molar-refractivity contribution in [3.63, 3.8) is 0 Å². The van der Waals surface area contributed by atoms with E-state index in [0.29, 0.717) is 24.5 Å². The van der Waals surface area contributed by atoms with Crippen molar-refractivity contribution in [2.45, 2.75) is 13.0 Å². The number of carbonyl (C=O) groups excluding carboxylic acids is 1. The number of esters is 1. The molecule has 21 heavy (non-hydrogen) atoms. The van der Waals surface area contributed by atoms with E-state index in [0.717, 1.165) is 23.3 Å². The third kappa shape index (κ3) is 2.84. The minimum Gasteiger partial charge on any atom is -0.489 e. The normalized spacial score (nSPS) is 12.4. The highest BCUT2D eigenvalue weighted by molar-refractivity contribution is 5.90. The van der Waals surface area contributed by atoms with Crippen LogP contribution in [0, 0.1) is 0 Å². The van der Waals surface area contributed by atoms with E-state index in [2.05, 4.69) is 0 Å². The molecule has 0 aliphatic carbocycles. The van der Waals surface area contributed by atoms with Crippen LogP contribution in [0.1, 0.15) is 21.5 Å². The summed E-state index contributed by atoms with van der Waals surface area (Å²) in [5.74, 6) is 0.960. The van der Waals surface area contributed by atoms with Crippen LogP contribution in [0.5, 0.6) is 11.5 Å². The first-order valence-corrected chi connectivity index (χ1v) is 6.82. The second-order valence-electron chi connectivity index (χ2n) is 4.83. The van der Waals surface area contributed by atoms with E-state index < -0.39 is 0 Å². The van der Waals surface area contributed by atoms with Gasteiger partial charge in [0.05, 0.1) is 19.3 Å². The summed E-state index contributed by atoms with van der Waals surface area (Å²) < 4.78 is 16.2. The number of carbonyl (C=O) groups is 1. The first kappa shape index (κ1) is 13.5. The van der Waals surface area contributed by atoms with Gasteiger partial charge in [-0.2, -0.15) is 0 Å². The van der Waals surface area contributed by atoms with Gasteiger partial charge in [0.25, 0.3) is 0 Å². The third-order valence-corrected chi connectivity index (χ3v) is 3.41. The van der Waals surface area contributed by atoms with Gasteiger partial charge in [0.2, 0.25) is 0 Å². The number of ether oxygens (including phenoxy) is 3. The summed E-state index contributed by atoms with van der Waals surface area (Å²) in [7, 11) is 1.37. The lowest BCUT2D eigenvalue weighted by molar-refractivity contribution is 0.0600. The van der Waals surface area contributed by atoms with Crippen LogP contribution in [0.25, 0.3) is 0 Å². The van der Waals surface area contributed by atoms with E-state index in [1.165, 1.54) is 7.11 Å². The first-order valence-electron chi connectivity index (χ1n) is 6.82. The number of hydrogen-bond acceptors (Lipinski definition) is 4. The Morgan fingerprint density at radius 2 is 2.05 bits per heavy atom. The van der Waals surface area contributed by atoms with Crippen molar-refractivity contribution in [2.75, 3.05) is 13.7 Å². The highest BCUT2D eigenvalue weighted by atomic mass is 16.5. The Balaban J connectivity index is 1.86. The molecule has 0 unspecified atom stereocenters. The molecule has 0 saturated heterocycles. The van der Waals surface area contributed by atoms with Crippen LogP contribution < -0.4 is 9.47 Å². The molecule has 2 aromatic carbocycles. The van der Waals surface area contributed by atoms with Crippen LogP contribution in [-0.2, 0) is 17.8 Å². The molecule has 0 aromatic heterocycles. The predicted molar refractivity (Wildman–Crippen MR) is 77.8 cm³/mol. The maximum Gasteiger partial charge on any atom is 0.337 e. The zero-order chi connectivity index (χ0) is 14.7. The second kappa shape index (κ2) is 5.87. The maximum atomic E-state index is 11.7. The van der Waals surface area contributed by atoms with Gasteiger partial charge in [-0.1, -0.05) is 30.3 Å². The summed E-state index contributed by atoms with van der Waals surface area (Å²) in [6, 6.07) is 13.4. The molecule has 0 radical (unpaired) electrons. The highest BCUT2D eigenvalue weighted by Crippen LogP contribution is 2.37. The van der Waals surface area contributed by atoms with Gasteiger partial charge in [-0.15, -0.1) is 0 Å². The molecule has 1 heterocycles. The van der Waals surface area contributed by atoms with Crippen molar-refractivity contribution < 1.29 is 19.0 Å². The fraction of sp³-hybridized carbons (Fsp3) is 0.235. The summed E-state index contributed by atoms with van der Waals surface area (Å²) in [5.41, 5.74) is 2.54. The summed E-state index contributed by atoms with van der Waals surface area (Å²) in [6.07, 6.45) is 0.780. The van der Waals surface area contributed by atoms with Crippen molar-refractivity contribution in [3.8, 4) is 11.5 Å². The van der Waals surface area contributed by atoms with Gasteiger partial charge in [0, 0.05) is 12.0 Å². The largest absolute Gasteiger partial charge is 0.489 e. The average Bonchev–Trinajstić information content (AvgIpc) is 3.01. The maximum absolute atomic E-state index is 11.7. The fourth-order valence-corrected chi connectivity index (χ4v) is 2.35. The molecule has 0 fully saturated rings. The van der Waals surface area contributed by atoms with Gasteiger partial charge < -0.3 is 14.2 Å². The Morgan fingerprint density at radius 3 is 2.81 bits per heavy atom. The van der Waals surface area contributed by atoms with E-state index in [9.17, 15) is 4.79 Å². The first-order chi connectivity index (χ1) is 10.3. The molecule has 2 aromatic rings. The molecule has 0 spiro atoms. The van der Waals surface area contributed by atoms with E-state index in [1.807, 2.05) is 36.4 Å². The van der Waals surface area contributed by atoms with Crippen molar-refractivity contribution in [1.82, 2.24) is 0 Å². The molecule has 0 amide bonds. The zero-order valence-electron chi connectivity index (χ0n) is 11.8. The lowest BCUT2D eigenvalue weighted by Gasteiger charge is -2.12. The van der Waals surface area contributed by atoms with E-state index in [4.69, 9.17) is 14.2 Å². The zero-order valence-corrected chi connectivity index (χ0v) is 11.8. The van der Waals surface area contributed by atoms with Crippen molar-refractivity contribution in [1.29, 1.82) is 0 Å². The molecular formula is C17H16O4. The van der Waals surface area contributed by atoms with Crippen molar-refractivity contribution in [2.24, 2.45) is 0 Å². The molecule has 0 atom stereocenters. The van der Waals surface area contributed by atoms with Gasteiger partial charge in [-0.05, 0) is 17.7 Å². The van der Waals surface area contributed by atoms with Gasteiger partial charge >= 0.3 is 5.97 Å². The number of benzene rings is 2. The molecule has 4 nitrogen and oxygen atoms in total. The Bertz CT molecular complexity index is 649. The van der Waals surface area contributed by atoms with Crippen molar-refractivity contribution in [3.05, 3.63) is 59.2 Å². The molecule has 1 aliphatic heterocycles. The van der Waals surface area contributed by atoms with Crippen LogP contribution in [0.2, 0.25) is 0 Å². The van der Waals surface area contributed by atoms with Crippen LogP contribution >= 0.6 is 0 Å². The standard InChI is InChI=1S/C17H16O4/c1-19-17(18)14-9-13-7-8-20-16(13)15(10-14)21-11-12-5-3-2-4-6-12/h2-6,9-10H,7-8,11H2,1H3. The second-order valence-corrected chi connectivity index (χ2v) is 4.83. The Kier molecular flexibility index (Phi) is 3.77. The van der Waals surface area contributed by atoms with Crippen LogP contribution in [0.15, 0.2) is 42.5 Å². The molecule has 1 aliphatic rings. The van der Waals surface area contributed by atoms with Gasteiger partial charge in [0.15, 0.2) is 11.5 Å². The van der Waals surface area contributed by atoms with Crippen LogP contribution in [0.4, 0.5) is 0 Å². The van der Waals surface area contributed by atoms with Crippen LogP contribution in [-0.4, -0.2) is 19.7 Å². The summed E-state index contributed by atoms with van der Waals surface area (Å²) >= 11 is 0. The van der Waals surface area contributed by atoms with Gasteiger partial charge in [0.1, 0.15) is 6.61 Å². The van der Waals surface area contributed by atoms with Crippen molar-refractivity contribution >= 4 is 5.97 Å². The molecule has 3 rings (SSSR count). The molecule has 0 N–H and O–H groups in total. The smallest absolute Gasteiger partial charge is 0.337 e.